The molecule has 0 spiro atoms. The first-order valence-corrected chi connectivity index (χ1v) is 5.31. The van der Waals surface area contributed by atoms with E-state index in [0.717, 1.165) is 45.5 Å². The van der Waals surface area contributed by atoms with E-state index in [1.165, 1.54) is 0 Å². The van der Waals surface area contributed by atoms with Crippen molar-refractivity contribution < 1.29 is 9.84 Å². The van der Waals surface area contributed by atoms with Gasteiger partial charge in [0.2, 0.25) is 0 Å². The molecule has 0 radical (unpaired) electrons. The van der Waals surface area contributed by atoms with E-state index in [1.54, 1.807) is 0 Å². The van der Waals surface area contributed by atoms with Gasteiger partial charge in [-0.1, -0.05) is 6.92 Å². The Morgan fingerprint density at radius 2 is 2.31 bits per heavy atom. The molecule has 1 atom stereocenters. The predicted molar refractivity (Wildman–Crippen MR) is 52.8 cm³/mol. The number of aliphatic hydroxyl groups is 1. The molecule has 3 heteroatoms. The van der Waals surface area contributed by atoms with E-state index in [-0.39, 0.29) is 0 Å². The highest BCUT2D eigenvalue weighted by molar-refractivity contribution is 4.69. The van der Waals surface area contributed by atoms with Crippen molar-refractivity contribution in [3.63, 3.8) is 0 Å². The normalized spacial score (nSPS) is 24.9. The van der Waals surface area contributed by atoms with Gasteiger partial charge in [0.25, 0.3) is 0 Å². The fourth-order valence-corrected chi connectivity index (χ4v) is 1.68. The smallest absolute Gasteiger partial charge is 0.0700 e. The minimum absolute atomic E-state index is 0.321. The molecule has 1 saturated heterocycles. The molecule has 78 valence electrons. The molecule has 0 aromatic rings. The van der Waals surface area contributed by atoms with Gasteiger partial charge in [-0.3, -0.25) is 4.90 Å². The van der Waals surface area contributed by atoms with Crippen LogP contribution in [0.15, 0.2) is 0 Å². The van der Waals surface area contributed by atoms with E-state index in [2.05, 4.69) is 11.8 Å². The monoisotopic (exact) mass is 187 g/mol. The SMILES string of the molecule is CCC1CN(CCCCO)CCO1. The zero-order valence-corrected chi connectivity index (χ0v) is 8.54. The van der Waals surface area contributed by atoms with Crippen LogP contribution in [0.5, 0.6) is 0 Å². The first-order chi connectivity index (χ1) is 6.36. The number of hydrogen-bond acceptors (Lipinski definition) is 3. The number of rotatable bonds is 5. The van der Waals surface area contributed by atoms with Gasteiger partial charge < -0.3 is 9.84 Å². The summed E-state index contributed by atoms with van der Waals surface area (Å²) in [6.07, 6.45) is 3.57. The summed E-state index contributed by atoms with van der Waals surface area (Å²) >= 11 is 0. The average Bonchev–Trinajstić information content (AvgIpc) is 2.19. The molecule has 3 nitrogen and oxygen atoms in total. The first kappa shape index (κ1) is 11.0. The van der Waals surface area contributed by atoms with E-state index < -0.39 is 0 Å². The minimum atomic E-state index is 0.321. The molecular weight excluding hydrogens is 166 g/mol. The van der Waals surface area contributed by atoms with Crippen LogP contribution in [0.1, 0.15) is 26.2 Å². The van der Waals surface area contributed by atoms with Crippen molar-refractivity contribution in [3.05, 3.63) is 0 Å². The topological polar surface area (TPSA) is 32.7 Å². The number of unbranched alkanes of at least 4 members (excludes halogenated alkanes) is 1. The van der Waals surface area contributed by atoms with Crippen LogP contribution in [-0.2, 0) is 4.74 Å². The van der Waals surface area contributed by atoms with Gasteiger partial charge in [-0.25, -0.2) is 0 Å². The highest BCUT2D eigenvalue weighted by Gasteiger charge is 2.17. The van der Waals surface area contributed by atoms with Crippen molar-refractivity contribution in [1.29, 1.82) is 0 Å². The molecule has 0 aliphatic carbocycles. The van der Waals surface area contributed by atoms with Gasteiger partial charge in [0, 0.05) is 19.7 Å². The number of nitrogens with zero attached hydrogens (tertiary/aromatic N) is 1. The zero-order valence-electron chi connectivity index (χ0n) is 8.54. The molecule has 1 heterocycles. The van der Waals surface area contributed by atoms with Crippen molar-refractivity contribution >= 4 is 0 Å². The van der Waals surface area contributed by atoms with E-state index >= 15 is 0 Å². The number of aliphatic hydroxyl groups excluding tert-OH is 1. The molecule has 1 fully saturated rings. The van der Waals surface area contributed by atoms with Crippen LogP contribution in [-0.4, -0.2) is 49.0 Å². The Morgan fingerprint density at radius 1 is 1.46 bits per heavy atom. The van der Waals surface area contributed by atoms with Crippen molar-refractivity contribution in [2.45, 2.75) is 32.3 Å². The van der Waals surface area contributed by atoms with Crippen LogP contribution in [0.4, 0.5) is 0 Å². The Labute approximate surface area is 80.7 Å². The van der Waals surface area contributed by atoms with Crippen LogP contribution in [0.2, 0.25) is 0 Å². The van der Waals surface area contributed by atoms with E-state index in [0.29, 0.717) is 12.7 Å². The van der Waals surface area contributed by atoms with Crippen LogP contribution >= 0.6 is 0 Å². The zero-order chi connectivity index (χ0) is 9.52. The minimum Gasteiger partial charge on any atom is -0.396 e. The summed E-state index contributed by atoms with van der Waals surface area (Å²) in [5, 5.41) is 8.65. The molecule has 0 saturated carbocycles. The standard InChI is InChI=1S/C10H21NO2/c1-2-10-9-11(6-8-13-10)5-3-4-7-12/h10,12H,2-9H2,1H3. The van der Waals surface area contributed by atoms with Crippen molar-refractivity contribution in [2.24, 2.45) is 0 Å². The average molecular weight is 187 g/mol. The third-order valence-electron chi connectivity index (χ3n) is 2.56. The van der Waals surface area contributed by atoms with Gasteiger partial charge >= 0.3 is 0 Å². The highest BCUT2D eigenvalue weighted by atomic mass is 16.5. The van der Waals surface area contributed by atoms with Crippen LogP contribution in [0.25, 0.3) is 0 Å². The number of ether oxygens (including phenoxy) is 1. The lowest BCUT2D eigenvalue weighted by atomic mass is 10.2. The van der Waals surface area contributed by atoms with Gasteiger partial charge in [-0.2, -0.15) is 0 Å². The Hall–Kier alpha value is -0.120. The summed E-state index contributed by atoms with van der Waals surface area (Å²) in [6.45, 7) is 6.60. The molecule has 1 aliphatic heterocycles. The summed E-state index contributed by atoms with van der Waals surface area (Å²) in [6, 6.07) is 0. The van der Waals surface area contributed by atoms with Gasteiger partial charge in [-0.15, -0.1) is 0 Å². The van der Waals surface area contributed by atoms with Gasteiger partial charge in [-0.05, 0) is 25.8 Å². The van der Waals surface area contributed by atoms with Crippen LogP contribution in [0, 0.1) is 0 Å². The van der Waals surface area contributed by atoms with Crippen molar-refractivity contribution in [2.75, 3.05) is 32.8 Å². The maximum atomic E-state index is 8.65. The van der Waals surface area contributed by atoms with Crippen LogP contribution < -0.4 is 0 Å². The molecule has 1 rings (SSSR count). The molecule has 0 bridgehead atoms. The summed E-state index contributed by atoms with van der Waals surface area (Å²) in [5.74, 6) is 0. The van der Waals surface area contributed by atoms with Gasteiger partial charge in [0.15, 0.2) is 0 Å². The maximum Gasteiger partial charge on any atom is 0.0700 e. The molecule has 0 amide bonds. The maximum absolute atomic E-state index is 8.65. The first-order valence-electron chi connectivity index (χ1n) is 5.31. The second-order valence-corrected chi connectivity index (χ2v) is 3.63. The van der Waals surface area contributed by atoms with Crippen molar-refractivity contribution in [3.8, 4) is 0 Å². The number of morpholine rings is 1. The van der Waals surface area contributed by atoms with Crippen molar-refractivity contribution in [1.82, 2.24) is 4.90 Å². The molecule has 1 unspecified atom stereocenters. The second-order valence-electron chi connectivity index (χ2n) is 3.63. The summed E-state index contributed by atoms with van der Waals surface area (Å²) in [5.41, 5.74) is 0. The second kappa shape index (κ2) is 6.35. The molecule has 13 heavy (non-hydrogen) atoms. The third-order valence-corrected chi connectivity index (χ3v) is 2.56. The third kappa shape index (κ3) is 4.07. The summed E-state index contributed by atoms with van der Waals surface area (Å²) in [7, 11) is 0. The summed E-state index contributed by atoms with van der Waals surface area (Å²) < 4.78 is 5.57. The van der Waals surface area contributed by atoms with E-state index in [9.17, 15) is 0 Å². The lowest BCUT2D eigenvalue weighted by Gasteiger charge is -2.32. The lowest BCUT2D eigenvalue weighted by Crippen LogP contribution is -2.42. The Bertz CT molecular complexity index is 130. The largest absolute Gasteiger partial charge is 0.396 e. The Morgan fingerprint density at radius 3 is 3.00 bits per heavy atom. The fraction of sp³-hybridized carbons (Fsp3) is 1.00. The Kier molecular flexibility index (Phi) is 5.35. The van der Waals surface area contributed by atoms with E-state index in [1.807, 2.05) is 0 Å². The van der Waals surface area contributed by atoms with E-state index in [4.69, 9.17) is 9.84 Å². The number of hydrogen-bond donors (Lipinski definition) is 1. The summed E-state index contributed by atoms with van der Waals surface area (Å²) in [4.78, 5) is 2.44. The van der Waals surface area contributed by atoms with Crippen LogP contribution in [0.3, 0.4) is 0 Å². The quantitative estimate of drug-likeness (QED) is 0.648. The molecular formula is C10H21NO2. The highest BCUT2D eigenvalue weighted by Crippen LogP contribution is 2.08. The molecule has 1 aliphatic rings. The Balaban J connectivity index is 2.11. The molecule has 1 N–H and O–H groups in total. The fourth-order valence-electron chi connectivity index (χ4n) is 1.68. The lowest BCUT2D eigenvalue weighted by molar-refractivity contribution is -0.0301. The van der Waals surface area contributed by atoms with Gasteiger partial charge in [0.05, 0.1) is 12.7 Å². The van der Waals surface area contributed by atoms with Gasteiger partial charge in [0.1, 0.15) is 0 Å². The molecule has 0 aromatic heterocycles. The predicted octanol–water partition coefficient (Wildman–Crippen LogP) is 0.870. The molecule has 0 aromatic carbocycles.